The van der Waals surface area contributed by atoms with Gasteiger partial charge < -0.3 is 9.72 Å². The van der Waals surface area contributed by atoms with E-state index in [9.17, 15) is 4.79 Å². The Labute approximate surface area is 136 Å². The molecule has 0 saturated carbocycles. The highest BCUT2D eigenvalue weighted by atomic mass is 16.5. The van der Waals surface area contributed by atoms with Crippen molar-refractivity contribution < 1.29 is 4.74 Å². The molecule has 0 spiro atoms. The molecule has 1 fully saturated rings. The number of hydrogen-bond acceptors (Lipinski definition) is 8. The van der Waals surface area contributed by atoms with Crippen molar-refractivity contribution in [1.82, 2.24) is 44.9 Å². The summed E-state index contributed by atoms with van der Waals surface area (Å²) in [6.45, 7) is 2.42. The standard InChI is InChI=1S/C13H17N9O2/c1-20-12-8(5-14-20)13(23)16-10(15-12)7-22-3-4-24-9(6-22)11-17-19-21(2)18-11/h5,9H,3-4,6-7H2,1-2H3,(H,15,16,23). The molecular weight excluding hydrogens is 314 g/mol. The van der Waals surface area contributed by atoms with Crippen molar-refractivity contribution in [2.45, 2.75) is 12.6 Å². The van der Waals surface area contributed by atoms with E-state index in [2.05, 4.69) is 35.4 Å². The number of aromatic nitrogens is 8. The van der Waals surface area contributed by atoms with Gasteiger partial charge in [-0.15, -0.1) is 10.2 Å². The van der Waals surface area contributed by atoms with Gasteiger partial charge in [0.2, 0.25) is 5.82 Å². The molecule has 24 heavy (non-hydrogen) atoms. The second-order valence-electron chi connectivity index (χ2n) is 5.75. The maximum atomic E-state index is 12.1. The first-order chi connectivity index (χ1) is 11.6. The highest BCUT2D eigenvalue weighted by Crippen LogP contribution is 2.19. The highest BCUT2D eigenvalue weighted by Gasteiger charge is 2.26. The molecule has 0 aromatic carbocycles. The number of nitrogens with zero attached hydrogens (tertiary/aromatic N) is 8. The summed E-state index contributed by atoms with van der Waals surface area (Å²) >= 11 is 0. The van der Waals surface area contributed by atoms with Crippen LogP contribution in [0.3, 0.4) is 0 Å². The fourth-order valence-electron chi connectivity index (χ4n) is 2.79. The lowest BCUT2D eigenvalue weighted by molar-refractivity contribution is -0.0380. The molecule has 1 N–H and O–H groups in total. The Bertz CT molecular complexity index is 927. The van der Waals surface area contributed by atoms with Crippen molar-refractivity contribution >= 4 is 11.0 Å². The van der Waals surface area contributed by atoms with Gasteiger partial charge in [0.05, 0.1) is 26.4 Å². The number of nitrogens with one attached hydrogen (secondary N) is 1. The largest absolute Gasteiger partial charge is 0.367 e. The van der Waals surface area contributed by atoms with Crippen LogP contribution < -0.4 is 5.56 Å². The Morgan fingerprint density at radius 3 is 3.08 bits per heavy atom. The molecular formula is C13H17N9O2. The number of H-pyrrole nitrogens is 1. The summed E-state index contributed by atoms with van der Waals surface area (Å²) in [5.74, 6) is 1.16. The minimum atomic E-state index is -0.236. The number of fused-ring (bicyclic) bond motifs is 1. The zero-order valence-corrected chi connectivity index (χ0v) is 13.4. The van der Waals surface area contributed by atoms with Crippen LogP contribution in [-0.4, -0.2) is 64.6 Å². The molecule has 0 bridgehead atoms. The van der Waals surface area contributed by atoms with Gasteiger partial charge in [-0.05, 0) is 5.21 Å². The molecule has 3 aromatic heterocycles. The number of rotatable bonds is 3. The summed E-state index contributed by atoms with van der Waals surface area (Å²) in [4.78, 5) is 23.0. The summed E-state index contributed by atoms with van der Waals surface area (Å²) in [7, 11) is 3.48. The van der Waals surface area contributed by atoms with Crippen LogP contribution in [0.1, 0.15) is 17.8 Å². The normalized spacial score (nSPS) is 19.2. The van der Waals surface area contributed by atoms with Gasteiger partial charge in [0, 0.05) is 20.1 Å². The molecule has 1 aliphatic heterocycles. The molecule has 4 rings (SSSR count). The van der Waals surface area contributed by atoms with Gasteiger partial charge in [0.1, 0.15) is 17.3 Å². The Balaban J connectivity index is 1.54. The summed E-state index contributed by atoms with van der Waals surface area (Å²) in [6.07, 6.45) is 1.29. The maximum Gasteiger partial charge on any atom is 0.262 e. The van der Waals surface area contributed by atoms with Gasteiger partial charge >= 0.3 is 0 Å². The van der Waals surface area contributed by atoms with Gasteiger partial charge in [-0.3, -0.25) is 14.4 Å². The molecule has 0 amide bonds. The lowest BCUT2D eigenvalue weighted by Gasteiger charge is -2.30. The van der Waals surface area contributed by atoms with Crippen LogP contribution in [-0.2, 0) is 25.4 Å². The lowest BCUT2D eigenvalue weighted by Crippen LogP contribution is -2.39. The predicted molar refractivity (Wildman–Crippen MR) is 81.9 cm³/mol. The average Bonchev–Trinajstić information content (AvgIpc) is 3.15. The topological polar surface area (TPSA) is 120 Å². The first kappa shape index (κ1) is 14.9. The summed E-state index contributed by atoms with van der Waals surface area (Å²) < 4.78 is 7.32. The van der Waals surface area contributed by atoms with Gasteiger partial charge in [0.25, 0.3) is 5.56 Å². The second-order valence-corrected chi connectivity index (χ2v) is 5.75. The van der Waals surface area contributed by atoms with Crippen LogP contribution in [0.15, 0.2) is 11.0 Å². The number of hydrogen-bond donors (Lipinski definition) is 1. The van der Waals surface area contributed by atoms with E-state index in [1.165, 1.54) is 11.0 Å². The van der Waals surface area contributed by atoms with Crippen LogP contribution in [0, 0.1) is 0 Å². The highest BCUT2D eigenvalue weighted by molar-refractivity contribution is 5.72. The minimum Gasteiger partial charge on any atom is -0.367 e. The van der Waals surface area contributed by atoms with Crippen LogP contribution in [0.5, 0.6) is 0 Å². The van der Waals surface area contributed by atoms with Crippen molar-refractivity contribution in [1.29, 1.82) is 0 Å². The second kappa shape index (κ2) is 5.76. The average molecular weight is 331 g/mol. The number of ether oxygens (including phenoxy) is 1. The molecule has 1 saturated heterocycles. The van der Waals surface area contributed by atoms with E-state index in [-0.39, 0.29) is 11.7 Å². The smallest absolute Gasteiger partial charge is 0.262 e. The minimum absolute atomic E-state index is 0.177. The quantitative estimate of drug-likeness (QED) is 0.632. The summed E-state index contributed by atoms with van der Waals surface area (Å²) in [6, 6.07) is 0. The van der Waals surface area contributed by atoms with Gasteiger partial charge in [-0.1, -0.05) is 0 Å². The first-order valence-corrected chi connectivity index (χ1v) is 7.59. The van der Waals surface area contributed by atoms with Crippen LogP contribution in [0.4, 0.5) is 0 Å². The third-order valence-electron chi connectivity index (χ3n) is 3.99. The van der Waals surface area contributed by atoms with Gasteiger partial charge in [-0.25, -0.2) is 4.98 Å². The Hall–Kier alpha value is -2.66. The number of aryl methyl sites for hydroxylation is 2. The monoisotopic (exact) mass is 331 g/mol. The van der Waals surface area contributed by atoms with Crippen molar-refractivity contribution in [3.05, 3.63) is 28.2 Å². The number of tetrazole rings is 1. The molecule has 3 aromatic rings. The molecule has 1 atom stereocenters. The Morgan fingerprint density at radius 2 is 2.29 bits per heavy atom. The summed E-state index contributed by atoms with van der Waals surface area (Å²) in [5.41, 5.74) is 0.401. The molecule has 4 heterocycles. The zero-order valence-electron chi connectivity index (χ0n) is 13.4. The van der Waals surface area contributed by atoms with E-state index in [1.807, 2.05) is 0 Å². The van der Waals surface area contributed by atoms with E-state index >= 15 is 0 Å². The van der Waals surface area contributed by atoms with Gasteiger partial charge in [0.15, 0.2) is 5.65 Å². The lowest BCUT2D eigenvalue weighted by atomic mass is 10.2. The van der Waals surface area contributed by atoms with E-state index in [0.717, 1.165) is 6.54 Å². The zero-order chi connectivity index (χ0) is 16.7. The predicted octanol–water partition coefficient (Wildman–Crippen LogP) is -1.25. The van der Waals surface area contributed by atoms with Gasteiger partial charge in [-0.2, -0.15) is 9.90 Å². The van der Waals surface area contributed by atoms with Crippen molar-refractivity contribution in [3.8, 4) is 0 Å². The van der Waals surface area contributed by atoms with Crippen molar-refractivity contribution in [2.75, 3.05) is 19.7 Å². The molecule has 1 unspecified atom stereocenters. The Morgan fingerprint density at radius 1 is 1.42 bits per heavy atom. The number of morpholine rings is 1. The molecule has 0 radical (unpaired) electrons. The first-order valence-electron chi connectivity index (χ1n) is 7.59. The fraction of sp³-hybridized carbons (Fsp3) is 0.538. The molecule has 1 aliphatic rings. The van der Waals surface area contributed by atoms with E-state index in [0.29, 0.717) is 42.4 Å². The molecule has 0 aliphatic carbocycles. The number of aromatic amines is 1. The molecule has 11 heteroatoms. The Kier molecular flexibility index (Phi) is 3.58. The van der Waals surface area contributed by atoms with E-state index in [1.54, 1.807) is 18.8 Å². The third-order valence-corrected chi connectivity index (χ3v) is 3.99. The van der Waals surface area contributed by atoms with Crippen LogP contribution in [0.25, 0.3) is 11.0 Å². The van der Waals surface area contributed by atoms with Crippen molar-refractivity contribution in [2.24, 2.45) is 14.1 Å². The molecule has 11 nitrogen and oxygen atoms in total. The van der Waals surface area contributed by atoms with Crippen molar-refractivity contribution in [3.63, 3.8) is 0 Å². The van der Waals surface area contributed by atoms with E-state index in [4.69, 9.17) is 4.74 Å². The third kappa shape index (κ3) is 2.67. The SMILES string of the molecule is Cn1nnc(C2CN(Cc3nc4c(cnn4C)c(=O)[nH]3)CCO2)n1. The van der Waals surface area contributed by atoms with Crippen LogP contribution in [0.2, 0.25) is 0 Å². The molecule has 126 valence electrons. The fourth-order valence-corrected chi connectivity index (χ4v) is 2.79. The van der Waals surface area contributed by atoms with E-state index < -0.39 is 0 Å². The summed E-state index contributed by atoms with van der Waals surface area (Å²) in [5, 5.41) is 16.6. The maximum absolute atomic E-state index is 12.1. The van der Waals surface area contributed by atoms with Crippen LogP contribution >= 0.6 is 0 Å².